The van der Waals surface area contributed by atoms with Crippen LogP contribution in [0.4, 0.5) is 23.2 Å². The Balaban J connectivity index is 2.27. The quantitative estimate of drug-likeness (QED) is 0.430. The summed E-state index contributed by atoms with van der Waals surface area (Å²) in [6.07, 6.45) is -7.28. The van der Waals surface area contributed by atoms with Gasteiger partial charge in [0.05, 0.1) is 15.6 Å². The smallest absolute Gasteiger partial charge is 0.416 e. The molecule has 0 fully saturated rings. The number of aliphatic carboxylic acids is 1. The van der Waals surface area contributed by atoms with Gasteiger partial charge in [0.15, 0.2) is 5.75 Å². The Morgan fingerprint density at radius 1 is 1.06 bits per heavy atom. The molecule has 2 rings (SSSR count). The number of carboxylic acids is 1. The Bertz CT molecular complexity index is 989. The highest BCUT2D eigenvalue weighted by Crippen LogP contribution is 2.36. The van der Waals surface area contributed by atoms with Crippen LogP contribution in [0.25, 0.3) is 0 Å². The second-order valence-corrected chi connectivity index (χ2v) is 8.06. The molecule has 0 radical (unpaired) electrons. The first-order valence-corrected chi connectivity index (χ1v) is 10.0. The predicted octanol–water partition coefficient (Wildman–Crippen LogP) is 6.15. The first-order valence-electron chi connectivity index (χ1n) is 9.27. The van der Waals surface area contributed by atoms with Gasteiger partial charge >= 0.3 is 12.1 Å². The fourth-order valence-corrected chi connectivity index (χ4v) is 3.26. The first kappa shape index (κ1) is 25.7. The third-order valence-electron chi connectivity index (χ3n) is 4.24. The Kier molecular flexibility index (Phi) is 8.36. The fourth-order valence-electron chi connectivity index (χ4n) is 2.62. The minimum Gasteiger partial charge on any atom is -0.486 e. The molecule has 0 saturated heterocycles. The fraction of sp³-hybridized carbons (Fsp3) is 0.333. The number of nitrogens with one attached hydrogen (secondary N) is 1. The van der Waals surface area contributed by atoms with Gasteiger partial charge in [0.2, 0.25) is 12.1 Å². The van der Waals surface area contributed by atoms with Crippen molar-refractivity contribution < 1.29 is 37.0 Å². The number of carbonyl (C=O) groups is 2. The molecular weight excluding hydrogens is 477 g/mol. The topological polar surface area (TPSA) is 75.6 Å². The van der Waals surface area contributed by atoms with Gasteiger partial charge in [0.25, 0.3) is 0 Å². The zero-order valence-corrected chi connectivity index (χ0v) is 18.4. The van der Waals surface area contributed by atoms with Crippen molar-refractivity contribution in [2.24, 2.45) is 5.92 Å². The molecule has 0 aliphatic rings. The van der Waals surface area contributed by atoms with Gasteiger partial charge in [0.1, 0.15) is 6.61 Å². The number of benzene rings is 2. The summed E-state index contributed by atoms with van der Waals surface area (Å²) in [6.45, 7) is 2.83. The molecule has 5 nitrogen and oxygen atoms in total. The van der Waals surface area contributed by atoms with Gasteiger partial charge < -0.3 is 15.2 Å². The monoisotopic (exact) mass is 495 g/mol. The van der Waals surface area contributed by atoms with E-state index in [9.17, 15) is 27.2 Å². The molecule has 0 spiro atoms. The maximum Gasteiger partial charge on any atom is 0.416 e. The van der Waals surface area contributed by atoms with Gasteiger partial charge in [-0.3, -0.25) is 4.79 Å². The lowest BCUT2D eigenvalue weighted by Gasteiger charge is -2.16. The van der Waals surface area contributed by atoms with E-state index >= 15 is 0 Å². The molecule has 0 heterocycles. The van der Waals surface area contributed by atoms with Crippen LogP contribution in [0.15, 0.2) is 30.3 Å². The Morgan fingerprint density at radius 2 is 1.66 bits per heavy atom. The van der Waals surface area contributed by atoms with Crippen molar-refractivity contribution in [3.63, 3.8) is 0 Å². The van der Waals surface area contributed by atoms with Gasteiger partial charge in [-0.15, -0.1) is 0 Å². The van der Waals surface area contributed by atoms with Crippen molar-refractivity contribution >= 4 is 40.8 Å². The molecule has 2 N–H and O–H groups in total. The average Bonchev–Trinajstić information content (AvgIpc) is 2.66. The molecule has 2 aromatic rings. The lowest BCUT2D eigenvalue weighted by atomic mass is 10.1. The summed E-state index contributed by atoms with van der Waals surface area (Å²) in [4.78, 5) is 22.5. The van der Waals surface area contributed by atoms with E-state index in [1.165, 1.54) is 18.2 Å². The van der Waals surface area contributed by atoms with E-state index in [-0.39, 0.29) is 39.2 Å². The number of halogens is 6. The second-order valence-electron chi connectivity index (χ2n) is 7.25. The van der Waals surface area contributed by atoms with E-state index < -0.39 is 42.1 Å². The molecule has 0 aliphatic carbocycles. The van der Waals surface area contributed by atoms with Crippen LogP contribution in [-0.2, 0) is 28.8 Å². The van der Waals surface area contributed by atoms with Gasteiger partial charge in [-0.05, 0) is 41.5 Å². The minimum atomic E-state index is -4.66. The van der Waals surface area contributed by atoms with Gasteiger partial charge in [-0.1, -0.05) is 37.0 Å². The van der Waals surface area contributed by atoms with Crippen molar-refractivity contribution in [3.8, 4) is 5.75 Å². The average molecular weight is 496 g/mol. The van der Waals surface area contributed by atoms with E-state index in [4.69, 9.17) is 33.0 Å². The van der Waals surface area contributed by atoms with Gasteiger partial charge in [-0.2, -0.15) is 13.2 Å². The molecule has 1 atom stereocenters. The summed E-state index contributed by atoms with van der Waals surface area (Å²) in [7, 11) is 0. The number of ether oxygens (including phenoxy) is 1. The largest absolute Gasteiger partial charge is 0.486 e. The number of anilines is 1. The van der Waals surface area contributed by atoms with E-state index in [0.29, 0.717) is 0 Å². The molecule has 0 saturated carbocycles. The predicted molar refractivity (Wildman–Crippen MR) is 112 cm³/mol. The van der Waals surface area contributed by atoms with E-state index in [0.717, 1.165) is 12.1 Å². The minimum absolute atomic E-state index is 0.0488. The number of amides is 1. The molecule has 1 unspecified atom stereocenters. The van der Waals surface area contributed by atoms with E-state index in [1.807, 2.05) is 0 Å². The molecule has 1 amide bonds. The molecule has 174 valence electrons. The third-order valence-corrected chi connectivity index (χ3v) is 4.80. The number of hydrogen-bond acceptors (Lipinski definition) is 3. The Morgan fingerprint density at radius 3 is 2.16 bits per heavy atom. The lowest BCUT2D eigenvalue weighted by Crippen LogP contribution is -2.18. The van der Waals surface area contributed by atoms with Crippen LogP contribution in [0.5, 0.6) is 5.75 Å². The molecule has 0 aromatic heterocycles. The molecule has 0 aliphatic heterocycles. The van der Waals surface area contributed by atoms with Crippen molar-refractivity contribution in [2.75, 3.05) is 5.32 Å². The number of hydrogen-bond donors (Lipinski definition) is 2. The van der Waals surface area contributed by atoms with Gasteiger partial charge in [-0.25, -0.2) is 9.18 Å². The second kappa shape index (κ2) is 10.4. The van der Waals surface area contributed by atoms with Crippen LogP contribution in [0.2, 0.25) is 10.0 Å². The van der Waals surface area contributed by atoms with Crippen LogP contribution < -0.4 is 10.1 Å². The lowest BCUT2D eigenvalue weighted by molar-refractivity contribution is -0.142. The van der Waals surface area contributed by atoms with E-state index in [2.05, 4.69) is 5.32 Å². The number of alkyl halides is 4. The van der Waals surface area contributed by atoms with Crippen LogP contribution in [0.3, 0.4) is 0 Å². The summed E-state index contributed by atoms with van der Waals surface area (Å²) in [5, 5.41) is 11.0. The zero-order chi connectivity index (χ0) is 24.2. The normalized spacial score (nSPS) is 12.5. The zero-order valence-electron chi connectivity index (χ0n) is 16.9. The SMILES string of the molecule is CC(C)C(=O)Nc1cc(COc2c(Cl)cc(CC(F)C(=O)O)cc2Cl)cc(C(F)(F)F)c1. The summed E-state index contributed by atoms with van der Waals surface area (Å²) in [5.74, 6) is -2.59. The summed E-state index contributed by atoms with van der Waals surface area (Å²) < 4.78 is 58.7. The Labute approximate surface area is 191 Å². The van der Waals surface area contributed by atoms with Crippen LogP contribution in [0.1, 0.15) is 30.5 Å². The first-order chi connectivity index (χ1) is 14.8. The van der Waals surface area contributed by atoms with Crippen molar-refractivity contribution in [3.05, 3.63) is 57.1 Å². The van der Waals surface area contributed by atoms with Crippen LogP contribution in [0, 0.1) is 5.92 Å². The standard InChI is InChI=1S/C21H19Cl2F4NO4/c1-10(2)19(29)28-14-4-12(3-13(8-14)21(25,26)27)9-32-18-15(22)5-11(6-16(18)23)7-17(24)20(30)31/h3-6,8,10,17H,7,9H2,1-2H3,(H,28,29)(H,30,31). The number of carbonyl (C=O) groups excluding carboxylic acids is 1. The summed E-state index contributed by atoms with van der Waals surface area (Å²) >= 11 is 12.2. The molecule has 0 bridgehead atoms. The molecule has 32 heavy (non-hydrogen) atoms. The highest BCUT2D eigenvalue weighted by atomic mass is 35.5. The maximum atomic E-state index is 13.4. The van der Waals surface area contributed by atoms with Crippen molar-refractivity contribution in [2.45, 2.75) is 39.2 Å². The van der Waals surface area contributed by atoms with E-state index in [1.54, 1.807) is 13.8 Å². The van der Waals surface area contributed by atoms with Crippen molar-refractivity contribution in [1.82, 2.24) is 0 Å². The van der Waals surface area contributed by atoms with Gasteiger partial charge in [0, 0.05) is 18.0 Å². The molecule has 11 heteroatoms. The summed E-state index contributed by atoms with van der Waals surface area (Å²) in [5.41, 5.74) is -0.732. The number of rotatable bonds is 8. The Hall–Kier alpha value is -2.52. The highest BCUT2D eigenvalue weighted by molar-refractivity contribution is 6.37. The third kappa shape index (κ3) is 7.00. The number of carboxylic acid groups (broad SMARTS) is 1. The van der Waals surface area contributed by atoms with Crippen molar-refractivity contribution in [1.29, 1.82) is 0 Å². The highest BCUT2D eigenvalue weighted by Gasteiger charge is 2.31. The van der Waals surface area contributed by atoms with Crippen LogP contribution in [-0.4, -0.2) is 23.2 Å². The maximum absolute atomic E-state index is 13.4. The molecule has 2 aromatic carbocycles. The molecular formula is C21H19Cl2F4NO4. The summed E-state index contributed by atoms with van der Waals surface area (Å²) in [6, 6.07) is 5.53. The van der Waals surface area contributed by atoms with Crippen LogP contribution >= 0.6 is 23.2 Å².